The second-order valence-corrected chi connectivity index (χ2v) is 3.10. The van der Waals surface area contributed by atoms with Crippen LogP contribution in [0.2, 0.25) is 0 Å². The Bertz CT molecular complexity index is 453. The molecule has 1 aromatic rings. The van der Waals surface area contributed by atoms with Crippen LogP contribution < -0.4 is 11.2 Å². The van der Waals surface area contributed by atoms with E-state index in [2.05, 4.69) is 0 Å². The maximum absolute atomic E-state index is 11.4. The Kier molecular flexibility index (Phi) is 3.86. The molecule has 0 spiro atoms. The Labute approximate surface area is 92.3 Å². The molecule has 1 heterocycles. The molecule has 0 amide bonds. The number of H-pyrrole nitrogens is 1. The monoisotopic (exact) mass is 231 g/mol. The van der Waals surface area contributed by atoms with E-state index in [1.165, 1.54) is 6.20 Å². The van der Waals surface area contributed by atoms with Crippen molar-refractivity contribution in [1.29, 1.82) is 0 Å². The predicted octanol–water partition coefficient (Wildman–Crippen LogP) is -1.58. The Morgan fingerprint density at radius 3 is 2.81 bits per heavy atom. The fourth-order valence-corrected chi connectivity index (χ4v) is 1.12. The van der Waals surface area contributed by atoms with Crippen LogP contribution >= 0.6 is 0 Å². The minimum Gasteiger partial charge on any atom is -0.394 e. The average molecular weight is 231 g/mol. The molecule has 0 unspecified atom stereocenters. The van der Waals surface area contributed by atoms with Crippen LogP contribution in [0.25, 0.3) is 0 Å². The first-order chi connectivity index (χ1) is 8.12. The van der Waals surface area contributed by atoms with Crippen molar-refractivity contribution >= 4 is 0 Å². The standard InChI is InChI=1S/C9H14N2O5/c1-6(4-12)16-8(5-13)11-3-2-7(14)10-9(11)15/h2-3,6,8,12-13H,4-5H2,1H3,(H,10,14,15)/t6-,8-/m1/s1/i1D. The van der Waals surface area contributed by atoms with E-state index in [9.17, 15) is 9.59 Å². The van der Waals surface area contributed by atoms with Crippen LogP contribution in [0.1, 0.15) is 14.5 Å². The van der Waals surface area contributed by atoms with E-state index >= 15 is 0 Å². The first-order valence-corrected chi connectivity index (χ1v) is 4.60. The third kappa shape index (κ3) is 3.02. The molecule has 0 saturated heterocycles. The topological polar surface area (TPSA) is 105 Å². The maximum Gasteiger partial charge on any atom is 0.330 e. The van der Waals surface area contributed by atoms with Crippen LogP contribution in [0, 0.1) is 0 Å². The van der Waals surface area contributed by atoms with Gasteiger partial charge in [-0.25, -0.2) is 4.79 Å². The summed E-state index contributed by atoms with van der Waals surface area (Å²) in [5, 5.41) is 18.0. The van der Waals surface area contributed by atoms with Crippen molar-refractivity contribution in [2.24, 2.45) is 0 Å². The molecule has 2 atom stereocenters. The Hall–Kier alpha value is -1.44. The highest BCUT2D eigenvalue weighted by Gasteiger charge is 2.15. The van der Waals surface area contributed by atoms with Gasteiger partial charge in [0.05, 0.1) is 19.3 Å². The number of hydrogen-bond donors (Lipinski definition) is 3. The summed E-state index contributed by atoms with van der Waals surface area (Å²) in [6, 6.07) is 1.11. The molecule has 0 aliphatic heterocycles. The van der Waals surface area contributed by atoms with E-state index in [0.717, 1.165) is 10.6 Å². The number of ether oxygens (including phenoxy) is 1. The Morgan fingerprint density at radius 1 is 1.56 bits per heavy atom. The molecule has 90 valence electrons. The summed E-state index contributed by atoms with van der Waals surface area (Å²) in [6.45, 7) is -1.11. The molecular formula is C9H14N2O5. The SMILES string of the molecule is [2H]C[C@H](CO)O[C@H](CO)n1ccc(=O)[nH]c1=O. The van der Waals surface area contributed by atoms with E-state index in [1.807, 2.05) is 4.98 Å². The molecule has 3 N–H and O–H groups in total. The van der Waals surface area contributed by atoms with E-state index in [4.69, 9.17) is 16.3 Å². The number of aliphatic hydroxyl groups excluding tert-OH is 2. The van der Waals surface area contributed by atoms with Crippen molar-refractivity contribution in [2.75, 3.05) is 13.2 Å². The summed E-state index contributed by atoms with van der Waals surface area (Å²) >= 11 is 0. The van der Waals surface area contributed by atoms with Gasteiger partial charge in [0, 0.05) is 13.6 Å². The lowest BCUT2D eigenvalue weighted by Gasteiger charge is -2.20. The fourth-order valence-electron chi connectivity index (χ4n) is 1.12. The molecular weight excluding hydrogens is 216 g/mol. The van der Waals surface area contributed by atoms with Crippen LogP contribution in [0.5, 0.6) is 0 Å². The number of nitrogens with one attached hydrogen (secondary N) is 1. The highest BCUT2D eigenvalue weighted by molar-refractivity contribution is 4.84. The van der Waals surface area contributed by atoms with Gasteiger partial charge in [0.15, 0.2) is 6.23 Å². The summed E-state index contributed by atoms with van der Waals surface area (Å²) < 4.78 is 13.2. The summed E-state index contributed by atoms with van der Waals surface area (Å²) in [6.07, 6.45) is -0.659. The van der Waals surface area contributed by atoms with Gasteiger partial charge in [0.25, 0.3) is 5.56 Å². The highest BCUT2D eigenvalue weighted by atomic mass is 16.5. The zero-order chi connectivity index (χ0) is 12.8. The minimum absolute atomic E-state index is 0.203. The number of nitrogens with zero attached hydrogens (tertiary/aromatic N) is 1. The highest BCUT2D eigenvalue weighted by Crippen LogP contribution is 2.06. The second kappa shape index (κ2) is 5.59. The molecule has 1 aromatic heterocycles. The fraction of sp³-hybridized carbons (Fsp3) is 0.556. The van der Waals surface area contributed by atoms with Crippen LogP contribution in [-0.4, -0.2) is 39.1 Å². The summed E-state index contributed by atoms with van der Waals surface area (Å²) in [4.78, 5) is 24.3. The van der Waals surface area contributed by atoms with Crippen LogP contribution in [0.15, 0.2) is 21.9 Å². The van der Waals surface area contributed by atoms with E-state index in [0.29, 0.717) is 0 Å². The van der Waals surface area contributed by atoms with Gasteiger partial charge in [0.1, 0.15) is 0 Å². The van der Waals surface area contributed by atoms with E-state index in [-0.39, 0.29) is 6.90 Å². The van der Waals surface area contributed by atoms with Crippen LogP contribution in [0.4, 0.5) is 0 Å². The first kappa shape index (κ1) is 11.1. The lowest BCUT2D eigenvalue weighted by molar-refractivity contribution is -0.0908. The minimum atomic E-state index is -1.04. The average Bonchev–Trinajstić information content (AvgIpc) is 2.32. The first-order valence-electron chi connectivity index (χ1n) is 5.31. The Morgan fingerprint density at radius 2 is 2.31 bits per heavy atom. The van der Waals surface area contributed by atoms with Crippen molar-refractivity contribution in [2.45, 2.75) is 19.2 Å². The smallest absolute Gasteiger partial charge is 0.330 e. The lowest BCUT2D eigenvalue weighted by Crippen LogP contribution is -2.35. The molecule has 0 radical (unpaired) electrons. The number of rotatable bonds is 5. The normalized spacial score (nSPS) is 15.5. The summed E-state index contributed by atoms with van der Waals surface area (Å²) in [7, 11) is 0. The summed E-state index contributed by atoms with van der Waals surface area (Å²) in [5.74, 6) is 0. The van der Waals surface area contributed by atoms with Gasteiger partial charge in [-0.2, -0.15) is 0 Å². The third-order valence-electron chi connectivity index (χ3n) is 1.87. The second-order valence-electron chi connectivity index (χ2n) is 3.10. The van der Waals surface area contributed by atoms with Crippen molar-refractivity contribution in [3.8, 4) is 0 Å². The molecule has 16 heavy (non-hydrogen) atoms. The summed E-state index contributed by atoms with van der Waals surface area (Å²) in [5.41, 5.74) is -1.28. The number of aromatic amines is 1. The quantitative estimate of drug-likeness (QED) is 0.567. The number of aromatic nitrogens is 2. The van der Waals surface area contributed by atoms with E-state index < -0.39 is 36.8 Å². The molecule has 0 aromatic carbocycles. The maximum atomic E-state index is 11.4. The van der Waals surface area contributed by atoms with E-state index in [1.54, 1.807) is 0 Å². The molecule has 0 aliphatic rings. The molecule has 0 aliphatic carbocycles. The predicted molar refractivity (Wildman–Crippen MR) is 55.1 cm³/mol. The van der Waals surface area contributed by atoms with Crippen molar-refractivity contribution in [3.05, 3.63) is 33.1 Å². The molecule has 1 rings (SSSR count). The van der Waals surface area contributed by atoms with Crippen molar-refractivity contribution in [1.82, 2.24) is 9.55 Å². The molecule has 0 saturated carbocycles. The van der Waals surface area contributed by atoms with Crippen molar-refractivity contribution < 1.29 is 16.3 Å². The number of hydrogen-bond acceptors (Lipinski definition) is 5. The molecule has 7 nitrogen and oxygen atoms in total. The van der Waals surface area contributed by atoms with Gasteiger partial charge in [-0.05, 0) is 6.90 Å². The van der Waals surface area contributed by atoms with Gasteiger partial charge in [0.2, 0.25) is 0 Å². The van der Waals surface area contributed by atoms with Gasteiger partial charge < -0.3 is 14.9 Å². The van der Waals surface area contributed by atoms with Crippen molar-refractivity contribution in [3.63, 3.8) is 0 Å². The zero-order valence-electron chi connectivity index (χ0n) is 9.50. The third-order valence-corrected chi connectivity index (χ3v) is 1.87. The molecule has 7 heteroatoms. The lowest BCUT2D eigenvalue weighted by atomic mass is 10.4. The molecule has 0 bridgehead atoms. The van der Waals surface area contributed by atoms with Crippen LogP contribution in [-0.2, 0) is 4.74 Å². The van der Waals surface area contributed by atoms with Gasteiger partial charge in [-0.1, -0.05) is 0 Å². The Balaban J connectivity index is 2.93. The van der Waals surface area contributed by atoms with Crippen LogP contribution in [0.3, 0.4) is 0 Å². The number of aliphatic hydroxyl groups is 2. The van der Waals surface area contributed by atoms with Gasteiger partial charge in [-0.3, -0.25) is 14.3 Å². The van der Waals surface area contributed by atoms with Gasteiger partial charge >= 0.3 is 5.69 Å². The zero-order valence-corrected chi connectivity index (χ0v) is 8.50. The van der Waals surface area contributed by atoms with Gasteiger partial charge in [-0.15, -0.1) is 0 Å². The molecule has 0 fully saturated rings. The largest absolute Gasteiger partial charge is 0.394 e.